The van der Waals surface area contributed by atoms with Gasteiger partial charge in [0.25, 0.3) is 0 Å². The predicted octanol–water partition coefficient (Wildman–Crippen LogP) is 8.20. The van der Waals surface area contributed by atoms with Crippen molar-refractivity contribution >= 4 is 47.6 Å². The first-order valence-corrected chi connectivity index (χ1v) is 26.1. The van der Waals surface area contributed by atoms with E-state index in [2.05, 4.69) is 36.1 Å². The molecule has 0 aliphatic carbocycles. The van der Waals surface area contributed by atoms with Crippen molar-refractivity contribution in [3.05, 3.63) is 89.2 Å². The molecule has 0 spiro atoms. The van der Waals surface area contributed by atoms with Crippen LogP contribution in [0, 0.1) is 28.7 Å². The number of benzene rings is 2. The fraction of sp³-hybridized carbons (Fsp3) is 0.429. The molecule has 0 bridgehead atoms. The number of rotatable bonds is 3. The van der Waals surface area contributed by atoms with Crippen molar-refractivity contribution in [3.63, 3.8) is 0 Å². The van der Waals surface area contributed by atoms with Crippen LogP contribution in [0.4, 0.5) is 22.8 Å². The summed E-state index contributed by atoms with van der Waals surface area (Å²) in [6.45, 7) is 11.7. The first kappa shape index (κ1) is 46.4. The van der Waals surface area contributed by atoms with Crippen LogP contribution in [0.2, 0.25) is 0 Å². The molecular weight excluding hydrogens is 870 g/mol. The Kier molecular flexibility index (Phi) is 18.8. The normalized spacial score (nSPS) is 14.4. The summed E-state index contributed by atoms with van der Waals surface area (Å²) in [6.07, 6.45) is 2.79. The minimum absolute atomic E-state index is 0.00806. The van der Waals surface area contributed by atoms with Crippen molar-refractivity contribution in [2.24, 2.45) is 0 Å². The fourth-order valence-electron chi connectivity index (χ4n) is 4.14. The van der Waals surface area contributed by atoms with Crippen molar-refractivity contribution in [3.8, 4) is 12.1 Å². The topological polar surface area (TPSA) is 150 Å². The molecule has 2 aromatic carbocycles. The number of carbonyl (C=O) groups excluding carboxylic acids is 2. The molecule has 0 N–H and O–H groups in total. The van der Waals surface area contributed by atoms with Gasteiger partial charge in [0.2, 0.25) is 0 Å². The molecule has 2 aliphatic heterocycles. The maximum absolute atomic E-state index is 12.2. The molecule has 4 rings (SSSR count). The molecular formula is C35H40F3IN4O7SZn. The molecule has 2 amide bonds. The average molecular weight is 910 g/mol. The van der Waals surface area contributed by atoms with Crippen LogP contribution in [0.1, 0.15) is 71.1 Å². The summed E-state index contributed by atoms with van der Waals surface area (Å²) >= 11 is 3.62. The van der Waals surface area contributed by atoms with Gasteiger partial charge in [-0.15, -0.1) is 30.3 Å². The van der Waals surface area contributed by atoms with Crippen LogP contribution < -0.4 is 0 Å². The number of alkyl halides is 3. The van der Waals surface area contributed by atoms with Gasteiger partial charge in [0.15, 0.2) is 0 Å². The van der Waals surface area contributed by atoms with E-state index < -0.39 is 32.9 Å². The van der Waals surface area contributed by atoms with Gasteiger partial charge in [-0.25, -0.2) is 9.59 Å². The van der Waals surface area contributed by atoms with Gasteiger partial charge >= 0.3 is 62.4 Å². The van der Waals surface area contributed by atoms with Crippen LogP contribution in [0.25, 0.3) is 5.57 Å². The van der Waals surface area contributed by atoms with E-state index in [-0.39, 0.29) is 31.4 Å². The van der Waals surface area contributed by atoms with E-state index >= 15 is 0 Å². The Balaban J connectivity index is 0.000000413. The predicted molar refractivity (Wildman–Crippen MR) is 192 cm³/mol. The van der Waals surface area contributed by atoms with Crippen LogP contribution in [0.5, 0.6) is 0 Å². The van der Waals surface area contributed by atoms with Gasteiger partial charge in [0.1, 0.15) is 17.0 Å². The number of nitrogens with zero attached hydrogens (tertiary/aromatic N) is 4. The van der Waals surface area contributed by atoms with Gasteiger partial charge in [-0.05, 0) is 77.3 Å². The van der Waals surface area contributed by atoms with E-state index in [0.29, 0.717) is 24.2 Å². The molecule has 17 heteroatoms. The molecule has 0 radical (unpaired) electrons. The number of hydrogen-bond donors (Lipinski definition) is 0. The van der Waals surface area contributed by atoms with Crippen LogP contribution >= 0.6 is 19.8 Å². The number of amides is 2. The van der Waals surface area contributed by atoms with E-state index in [4.69, 9.17) is 20.0 Å². The van der Waals surface area contributed by atoms with Crippen LogP contribution in [-0.4, -0.2) is 73.3 Å². The molecule has 0 atom stereocenters. The third-order valence-corrected chi connectivity index (χ3v) is 7.40. The molecule has 2 aliphatic rings. The Morgan fingerprint density at radius 1 is 0.827 bits per heavy atom. The fourth-order valence-corrected chi connectivity index (χ4v) is 4.66. The summed E-state index contributed by atoms with van der Waals surface area (Å²) in [5.41, 5.74) is -3.31. The second-order valence-electron chi connectivity index (χ2n) is 12.8. The van der Waals surface area contributed by atoms with E-state index in [9.17, 15) is 31.2 Å². The Morgan fingerprint density at radius 2 is 1.35 bits per heavy atom. The average Bonchev–Trinajstić information content (AvgIpc) is 3.08. The first-order valence-electron chi connectivity index (χ1n) is 15.6. The molecule has 278 valence electrons. The number of hydrogen-bond acceptors (Lipinski definition) is 9. The zero-order chi connectivity index (χ0) is 39.8. The molecule has 0 unspecified atom stereocenters. The third-order valence-electron chi connectivity index (χ3n) is 6.40. The van der Waals surface area contributed by atoms with E-state index in [0.717, 1.165) is 23.6 Å². The molecule has 0 fully saturated rings. The Bertz CT molecular complexity index is 1750. The number of ether oxygens (including phenoxy) is 2. The van der Waals surface area contributed by atoms with Gasteiger partial charge in [0, 0.05) is 32.6 Å². The summed E-state index contributed by atoms with van der Waals surface area (Å²) in [7, 11) is -5.67. The zero-order valence-corrected chi connectivity index (χ0v) is 35.7. The van der Waals surface area contributed by atoms with Crippen LogP contribution in [0.3, 0.4) is 0 Å². The van der Waals surface area contributed by atoms with E-state index in [1.54, 1.807) is 37.8 Å². The molecule has 11 nitrogen and oxygen atoms in total. The maximum atomic E-state index is 12.2. The molecule has 0 saturated carbocycles. The minimum atomic E-state index is -5.67. The van der Waals surface area contributed by atoms with Gasteiger partial charge in [0.05, 0.1) is 11.6 Å². The number of halogens is 4. The van der Waals surface area contributed by atoms with Gasteiger partial charge in [-0.2, -0.15) is 26.9 Å². The summed E-state index contributed by atoms with van der Waals surface area (Å²) in [5.74, 6) is -0.341. The Labute approximate surface area is 324 Å². The molecule has 2 aromatic rings. The monoisotopic (exact) mass is 908 g/mol. The van der Waals surface area contributed by atoms with Gasteiger partial charge in [-0.3, -0.25) is 5.26 Å². The second kappa shape index (κ2) is 21.1. The van der Waals surface area contributed by atoms with Crippen LogP contribution in [-0.2, 0) is 38.6 Å². The molecule has 0 aromatic heterocycles. The van der Waals surface area contributed by atoms with Crippen molar-refractivity contribution in [2.75, 3.05) is 26.2 Å². The standard InChI is InChI=1S/C17H20N2O2.C11H16F3NO5S.C7H4N.HI.Zn/c1-17(2,3)21-16(20)19-10-8-13(9-11-19)15-7-5-4-6-14(15)12-18;1-10(2,3)19-9(16)15-6-4-8(5-7-15)20-21(17,18)11(12,13)14;8-6-7-4-2-1-3-5-7;;/h4-8H,9-11H2,1-3H3;4H,5-7H2,1-3H3;1-4H;1H;/q;;-1;;+2/p-1. The number of nitriles is 2. The Morgan fingerprint density at radius 3 is 1.73 bits per heavy atom. The van der Waals surface area contributed by atoms with Crippen LogP contribution in [0.15, 0.2) is 66.4 Å². The zero-order valence-electron chi connectivity index (χ0n) is 29.8. The Hall–Kier alpha value is -3.67. The SMILES string of the molecule is CC(C)(C)OC(=O)N1CC=C(OS(=O)(=O)C(F)(F)F)CC1.CC(C)(C)OC(=O)N1CC=C(c2ccccc2C#N)CC1.N#Cc1[c-]cccc1.[Zn+][I]. The van der Waals surface area contributed by atoms with Crippen molar-refractivity contribution < 1.29 is 59.6 Å². The van der Waals surface area contributed by atoms with Gasteiger partial charge < -0.3 is 23.5 Å². The summed E-state index contributed by atoms with van der Waals surface area (Å²) < 4.78 is 72.6. The van der Waals surface area contributed by atoms with E-state index in [1.807, 2.05) is 69.3 Å². The third kappa shape index (κ3) is 16.8. The first-order chi connectivity index (χ1) is 24.2. The van der Waals surface area contributed by atoms with Crippen molar-refractivity contribution in [1.82, 2.24) is 9.80 Å². The van der Waals surface area contributed by atoms with E-state index in [1.165, 1.54) is 19.7 Å². The quantitative estimate of drug-likeness (QED) is 0.0977. The summed E-state index contributed by atoms with van der Waals surface area (Å²) in [6, 6.07) is 21.6. The molecule has 2 heterocycles. The number of carbonyl (C=O) groups is 2. The van der Waals surface area contributed by atoms with Gasteiger partial charge in [-0.1, -0.05) is 29.8 Å². The van der Waals surface area contributed by atoms with Crippen molar-refractivity contribution in [1.29, 1.82) is 10.5 Å². The van der Waals surface area contributed by atoms with Crippen molar-refractivity contribution in [2.45, 2.75) is 71.1 Å². The molecule has 52 heavy (non-hydrogen) atoms. The summed E-state index contributed by atoms with van der Waals surface area (Å²) in [5, 5.41) is 17.4. The molecule has 0 saturated heterocycles. The second-order valence-corrected chi connectivity index (χ2v) is 14.3. The summed E-state index contributed by atoms with van der Waals surface area (Å²) in [4.78, 5) is 26.6.